The Morgan fingerprint density at radius 1 is 1.45 bits per heavy atom. The second-order valence-electron chi connectivity index (χ2n) is 5.42. The van der Waals surface area contributed by atoms with Crippen molar-refractivity contribution < 1.29 is 13.2 Å². The maximum absolute atomic E-state index is 12.5. The monoisotopic (exact) mass is 316 g/mol. The third-order valence-electron chi connectivity index (χ3n) is 4.18. The molecule has 20 heavy (non-hydrogen) atoms. The van der Waals surface area contributed by atoms with E-state index < -0.39 is 10.0 Å². The first kappa shape index (κ1) is 14.3. The fraction of sp³-hybridized carbons (Fsp3) is 0.538. The Balaban J connectivity index is 1.84. The minimum Gasteiger partial charge on any atom is -0.376 e. The summed E-state index contributed by atoms with van der Waals surface area (Å²) in [7, 11) is -3.64. The number of hydrogen-bond donors (Lipinski definition) is 2. The van der Waals surface area contributed by atoms with Crippen molar-refractivity contribution in [1.29, 1.82) is 0 Å². The molecular formula is C13H17ClN2O3S. The first-order valence-electron chi connectivity index (χ1n) is 6.56. The van der Waals surface area contributed by atoms with Gasteiger partial charge in [0.25, 0.3) is 0 Å². The predicted octanol–water partition coefficient (Wildman–Crippen LogP) is 1.04. The van der Waals surface area contributed by atoms with Gasteiger partial charge in [-0.15, -0.1) is 0 Å². The van der Waals surface area contributed by atoms with Crippen molar-refractivity contribution in [1.82, 2.24) is 4.72 Å². The number of hydrogen-bond acceptors (Lipinski definition) is 4. The van der Waals surface area contributed by atoms with Crippen LogP contribution in [0, 0.1) is 12.8 Å². The minimum absolute atomic E-state index is 0.0979. The third kappa shape index (κ3) is 2.25. The number of nitrogens with two attached hydrogens (primary N) is 1. The first-order valence-corrected chi connectivity index (χ1v) is 8.42. The van der Waals surface area contributed by atoms with E-state index in [2.05, 4.69) is 4.72 Å². The highest BCUT2D eigenvalue weighted by molar-refractivity contribution is 7.89. The van der Waals surface area contributed by atoms with Crippen LogP contribution >= 0.6 is 11.6 Å². The fourth-order valence-corrected chi connectivity index (χ4v) is 4.79. The van der Waals surface area contributed by atoms with Crippen molar-refractivity contribution in [2.24, 2.45) is 11.7 Å². The zero-order chi connectivity index (χ0) is 14.5. The molecule has 1 aromatic carbocycles. The van der Waals surface area contributed by atoms with Crippen molar-refractivity contribution in [3.05, 3.63) is 28.8 Å². The maximum atomic E-state index is 12.5. The summed E-state index contributed by atoms with van der Waals surface area (Å²) in [5.41, 5.74) is 6.68. The normalized spacial score (nSPS) is 32.8. The van der Waals surface area contributed by atoms with Crippen LogP contribution in [0.1, 0.15) is 12.0 Å². The molecule has 0 radical (unpaired) electrons. The van der Waals surface area contributed by atoms with Crippen LogP contribution in [-0.4, -0.2) is 33.2 Å². The summed E-state index contributed by atoms with van der Waals surface area (Å²) in [5, 5.41) is 0.392. The summed E-state index contributed by atoms with van der Waals surface area (Å²) in [6.07, 6.45) is 0.805. The highest BCUT2D eigenvalue weighted by Crippen LogP contribution is 2.38. The second-order valence-corrected chi connectivity index (χ2v) is 7.54. The number of halogens is 1. The Kier molecular flexibility index (Phi) is 3.54. The number of aryl methyl sites for hydroxylation is 1. The Hall–Kier alpha value is -0.660. The Morgan fingerprint density at radius 3 is 2.95 bits per heavy atom. The van der Waals surface area contributed by atoms with E-state index in [-0.39, 0.29) is 29.0 Å². The molecule has 1 aromatic rings. The van der Waals surface area contributed by atoms with Gasteiger partial charge in [0.2, 0.25) is 10.0 Å². The number of benzene rings is 1. The summed E-state index contributed by atoms with van der Waals surface area (Å²) >= 11 is 5.88. The fourth-order valence-electron chi connectivity index (χ4n) is 3.00. The Bertz CT molecular complexity index is 635. The van der Waals surface area contributed by atoms with Crippen molar-refractivity contribution in [3.8, 4) is 0 Å². The van der Waals surface area contributed by atoms with E-state index in [0.29, 0.717) is 17.2 Å². The molecule has 5 nitrogen and oxygen atoms in total. The van der Waals surface area contributed by atoms with Gasteiger partial charge in [0.1, 0.15) is 0 Å². The minimum atomic E-state index is -3.64. The Labute approximate surface area is 123 Å². The molecule has 3 N–H and O–H groups in total. The average Bonchev–Trinajstić information content (AvgIpc) is 2.84. The lowest BCUT2D eigenvalue weighted by molar-refractivity contribution is -0.00924. The smallest absolute Gasteiger partial charge is 0.241 e. The van der Waals surface area contributed by atoms with Crippen LogP contribution in [0.4, 0.5) is 0 Å². The molecule has 0 bridgehead atoms. The van der Waals surface area contributed by atoms with Gasteiger partial charge in [-0.05, 0) is 31.0 Å². The average molecular weight is 317 g/mol. The standard InChI is InChI=1S/C13H17ClN2O3S/c1-7-2-3-8(14)6-10(7)20(17,18)16-12-11(15)9-4-5-19-13(9)12/h2-3,6,9,11-13,16H,4-5,15H2,1H3. The number of ether oxygens (including phenoxy) is 1. The number of fused-ring (bicyclic) bond motifs is 1. The van der Waals surface area contributed by atoms with E-state index in [1.165, 1.54) is 6.07 Å². The molecule has 7 heteroatoms. The quantitative estimate of drug-likeness (QED) is 0.873. The molecule has 1 aliphatic heterocycles. The van der Waals surface area contributed by atoms with Crippen LogP contribution in [0.15, 0.2) is 23.1 Å². The van der Waals surface area contributed by atoms with Crippen LogP contribution in [0.5, 0.6) is 0 Å². The largest absolute Gasteiger partial charge is 0.376 e. The molecule has 0 amide bonds. The molecule has 2 fully saturated rings. The van der Waals surface area contributed by atoms with Crippen LogP contribution in [0.2, 0.25) is 5.02 Å². The van der Waals surface area contributed by atoms with E-state index in [0.717, 1.165) is 6.42 Å². The van der Waals surface area contributed by atoms with Crippen LogP contribution in [0.25, 0.3) is 0 Å². The molecule has 2 aliphatic rings. The van der Waals surface area contributed by atoms with Gasteiger partial charge < -0.3 is 10.5 Å². The molecule has 1 heterocycles. The lowest BCUT2D eigenvalue weighted by Crippen LogP contribution is -2.68. The molecule has 3 rings (SSSR count). The second kappa shape index (κ2) is 4.96. The lowest BCUT2D eigenvalue weighted by atomic mass is 9.73. The molecule has 0 spiro atoms. The lowest BCUT2D eigenvalue weighted by Gasteiger charge is -2.45. The number of rotatable bonds is 3. The third-order valence-corrected chi connectivity index (χ3v) is 6.01. The topological polar surface area (TPSA) is 81.4 Å². The zero-order valence-corrected chi connectivity index (χ0v) is 12.6. The van der Waals surface area contributed by atoms with E-state index in [1.807, 2.05) is 0 Å². The molecule has 1 saturated heterocycles. The predicted molar refractivity (Wildman–Crippen MR) is 76.1 cm³/mol. The SMILES string of the molecule is Cc1ccc(Cl)cc1S(=O)(=O)NC1C(N)C2CCOC21. The molecule has 4 unspecified atom stereocenters. The van der Waals surface area contributed by atoms with Gasteiger partial charge in [0.15, 0.2) is 0 Å². The van der Waals surface area contributed by atoms with Crippen LogP contribution < -0.4 is 10.5 Å². The van der Waals surface area contributed by atoms with E-state index in [4.69, 9.17) is 22.1 Å². The Morgan fingerprint density at radius 2 is 2.20 bits per heavy atom. The van der Waals surface area contributed by atoms with Gasteiger partial charge in [-0.1, -0.05) is 17.7 Å². The molecule has 4 atom stereocenters. The van der Waals surface area contributed by atoms with Crippen LogP contribution in [0.3, 0.4) is 0 Å². The van der Waals surface area contributed by atoms with Crippen molar-refractivity contribution in [2.45, 2.75) is 36.4 Å². The molecular weight excluding hydrogens is 300 g/mol. The number of sulfonamides is 1. The van der Waals surface area contributed by atoms with Gasteiger partial charge in [0, 0.05) is 23.6 Å². The first-order chi connectivity index (χ1) is 9.40. The summed E-state index contributed by atoms with van der Waals surface area (Å²) in [5.74, 6) is 0.267. The molecule has 1 aliphatic carbocycles. The summed E-state index contributed by atoms with van der Waals surface area (Å²) in [4.78, 5) is 0.193. The van der Waals surface area contributed by atoms with E-state index in [9.17, 15) is 8.42 Å². The van der Waals surface area contributed by atoms with Gasteiger partial charge >= 0.3 is 0 Å². The highest BCUT2D eigenvalue weighted by atomic mass is 35.5. The molecule has 0 aromatic heterocycles. The van der Waals surface area contributed by atoms with Crippen molar-refractivity contribution in [2.75, 3.05) is 6.61 Å². The zero-order valence-electron chi connectivity index (χ0n) is 11.0. The molecule has 110 valence electrons. The van der Waals surface area contributed by atoms with Gasteiger partial charge in [-0.3, -0.25) is 0 Å². The maximum Gasteiger partial charge on any atom is 0.241 e. The van der Waals surface area contributed by atoms with Crippen molar-refractivity contribution in [3.63, 3.8) is 0 Å². The number of nitrogens with one attached hydrogen (secondary N) is 1. The van der Waals surface area contributed by atoms with E-state index in [1.54, 1.807) is 19.1 Å². The van der Waals surface area contributed by atoms with Crippen LogP contribution in [-0.2, 0) is 14.8 Å². The summed E-state index contributed by atoms with van der Waals surface area (Å²) < 4.78 is 33.1. The van der Waals surface area contributed by atoms with Crippen molar-refractivity contribution >= 4 is 21.6 Å². The highest BCUT2D eigenvalue weighted by Gasteiger charge is 2.53. The molecule has 1 saturated carbocycles. The summed E-state index contributed by atoms with van der Waals surface area (Å²) in [6.45, 7) is 2.39. The summed E-state index contributed by atoms with van der Waals surface area (Å²) in [6, 6.07) is 4.27. The van der Waals surface area contributed by atoms with Gasteiger partial charge in [0.05, 0.1) is 17.0 Å². The van der Waals surface area contributed by atoms with Gasteiger partial charge in [-0.2, -0.15) is 0 Å². The van der Waals surface area contributed by atoms with Gasteiger partial charge in [-0.25, -0.2) is 13.1 Å². The van der Waals surface area contributed by atoms with E-state index >= 15 is 0 Å².